The van der Waals surface area contributed by atoms with Crippen molar-refractivity contribution in [3.8, 4) is 0 Å². The number of carboxylic acid groups (broad SMARTS) is 3. The summed E-state index contributed by atoms with van der Waals surface area (Å²) in [4.78, 5) is 91.7. The molecule has 17 nitrogen and oxygen atoms in total. The number of ether oxygens (including phenoxy) is 4. The Morgan fingerprint density at radius 3 is 1.53 bits per heavy atom. The fraction of sp³-hybridized carbons (Fsp3) is 0.840. The summed E-state index contributed by atoms with van der Waals surface area (Å²) in [7, 11) is 1.57. The number of aliphatic carboxylic acids is 3. The van der Waals surface area contributed by atoms with E-state index in [1.165, 1.54) is 64.2 Å². The number of hydrogen-bond donors (Lipinski definition) is 5. The van der Waals surface area contributed by atoms with Gasteiger partial charge in [-0.05, 0) is 44.9 Å². The highest BCUT2D eigenvalue weighted by Crippen LogP contribution is 2.17. The second-order valence-electron chi connectivity index (χ2n) is 17.3. The molecule has 68 heavy (non-hydrogen) atoms. The van der Waals surface area contributed by atoms with Crippen LogP contribution in [0.2, 0.25) is 0 Å². The number of ketones is 3. The molecular formula is C50H89BrN2O15. The van der Waals surface area contributed by atoms with Gasteiger partial charge >= 0.3 is 17.9 Å². The van der Waals surface area contributed by atoms with E-state index in [2.05, 4.69) is 26.6 Å². The highest BCUT2D eigenvalue weighted by molar-refractivity contribution is 9.09. The van der Waals surface area contributed by atoms with E-state index in [1.807, 2.05) is 6.92 Å². The first-order valence-electron chi connectivity index (χ1n) is 25.3. The van der Waals surface area contributed by atoms with Gasteiger partial charge in [0, 0.05) is 65.4 Å². The number of carboxylic acids is 3. The first-order chi connectivity index (χ1) is 32.8. The van der Waals surface area contributed by atoms with Crippen molar-refractivity contribution in [2.45, 2.75) is 199 Å². The van der Waals surface area contributed by atoms with Crippen LogP contribution >= 0.6 is 15.9 Å². The number of nitrogens with one attached hydrogen (secondary N) is 2. The van der Waals surface area contributed by atoms with Gasteiger partial charge in [0.15, 0.2) is 5.78 Å². The zero-order valence-corrected chi connectivity index (χ0v) is 43.2. The van der Waals surface area contributed by atoms with Gasteiger partial charge in [0.1, 0.15) is 30.8 Å². The van der Waals surface area contributed by atoms with E-state index in [9.17, 15) is 48.6 Å². The molecule has 0 aliphatic carbocycles. The van der Waals surface area contributed by atoms with Gasteiger partial charge in [-0.1, -0.05) is 126 Å². The molecule has 0 saturated carbocycles. The molecule has 0 rings (SSSR count). The molecule has 0 aromatic heterocycles. The number of unbranched alkanes of at least 4 members (excludes halogenated alkanes) is 17. The quantitative estimate of drug-likeness (QED) is 0.0282. The second-order valence-corrected chi connectivity index (χ2v) is 17.9. The van der Waals surface area contributed by atoms with Gasteiger partial charge in [-0.3, -0.25) is 33.6 Å². The van der Waals surface area contributed by atoms with E-state index in [-0.39, 0.29) is 74.9 Å². The van der Waals surface area contributed by atoms with Crippen molar-refractivity contribution in [2.75, 3.05) is 65.2 Å². The number of Topliss-reactive ketones (excluding diaryl/α,β-unsaturated/α-hetero) is 3. The molecule has 0 spiro atoms. The topological polar surface area (TPSA) is 258 Å². The summed E-state index contributed by atoms with van der Waals surface area (Å²) in [5.41, 5.74) is 0. The molecule has 0 heterocycles. The second kappa shape index (κ2) is 50.1. The van der Waals surface area contributed by atoms with Crippen LogP contribution in [0.15, 0.2) is 0 Å². The molecule has 5 N–H and O–H groups in total. The van der Waals surface area contributed by atoms with E-state index in [0.29, 0.717) is 76.6 Å². The summed E-state index contributed by atoms with van der Waals surface area (Å²) in [6.45, 7) is 4.05. The van der Waals surface area contributed by atoms with Gasteiger partial charge in [0.25, 0.3) is 0 Å². The summed E-state index contributed by atoms with van der Waals surface area (Å²) in [6.07, 6.45) is 24.1. The molecular weight excluding hydrogens is 948 g/mol. The Kier molecular flexibility index (Phi) is 49.2. The minimum Gasteiger partial charge on any atom is -0.481 e. The summed E-state index contributed by atoms with van der Waals surface area (Å²) in [5, 5.41) is 32.8. The third-order valence-corrected chi connectivity index (χ3v) is 11.6. The van der Waals surface area contributed by atoms with Gasteiger partial charge < -0.3 is 44.9 Å². The summed E-state index contributed by atoms with van der Waals surface area (Å²) in [6, 6.07) is -1.01. The molecule has 0 saturated heterocycles. The fourth-order valence-electron chi connectivity index (χ4n) is 7.04. The highest BCUT2D eigenvalue weighted by Gasteiger charge is 2.22. The highest BCUT2D eigenvalue weighted by atomic mass is 79.9. The van der Waals surface area contributed by atoms with Gasteiger partial charge in [-0.2, -0.15) is 0 Å². The number of methoxy groups -OCH3 is 1. The molecule has 2 atom stereocenters. The summed E-state index contributed by atoms with van der Waals surface area (Å²) < 4.78 is 20.6. The van der Waals surface area contributed by atoms with Crippen LogP contribution in [0.3, 0.4) is 0 Å². The van der Waals surface area contributed by atoms with E-state index >= 15 is 0 Å². The van der Waals surface area contributed by atoms with Gasteiger partial charge in [-0.25, -0.2) is 4.79 Å². The molecule has 0 aliphatic heterocycles. The third-order valence-electron chi connectivity index (χ3n) is 11.0. The fourth-order valence-corrected chi connectivity index (χ4v) is 7.32. The van der Waals surface area contributed by atoms with Gasteiger partial charge in [0.2, 0.25) is 11.8 Å². The predicted molar refractivity (Wildman–Crippen MR) is 264 cm³/mol. The van der Waals surface area contributed by atoms with Crippen molar-refractivity contribution >= 4 is 63.0 Å². The Labute approximate surface area is 415 Å². The first kappa shape index (κ1) is 66.8. The van der Waals surface area contributed by atoms with Crippen LogP contribution in [0.5, 0.6) is 0 Å². The van der Waals surface area contributed by atoms with E-state index < -0.39 is 29.9 Å². The standard InChI is InChI=1S/C29H53NO7.C21H36BrNO8/c1-37-24-18-19-25(31)22-23-26(29(35)36)30-27(32)20-16-14-12-10-8-6-4-2-3-5-7-9-11-13-15-17-21-28(33)34;1-2-9-30-16-20(26)23-8-10-29-11-12-31-15-19(25)13-17(21(27)28)6-4-3-5-7-18(24)14-22/h26H,2-24H2,1H3,(H,30,32)(H,33,34)(H,35,36);17H,2-16H2,1H3,(H,23,26)(H,27,28)/t26-;17-/m01/s1. The van der Waals surface area contributed by atoms with Crippen molar-refractivity contribution in [1.82, 2.24) is 10.6 Å². The molecule has 0 unspecified atom stereocenters. The predicted octanol–water partition coefficient (Wildman–Crippen LogP) is 8.58. The number of hydrogen-bond acceptors (Lipinski definition) is 12. The average Bonchev–Trinajstić information content (AvgIpc) is 3.30. The SMILES string of the molecule is CCCOCC(=O)NCCOCCOCC(=O)C[C@@H](CCCCCC(=O)CBr)C(=O)O.COCCCC(=O)CC[C@H](NC(=O)CCCCCCCCCCCCCCCCCCC(=O)O)C(=O)O. The maximum atomic E-state index is 12.1. The monoisotopic (exact) mass is 1040 g/mol. The molecule has 0 radical (unpaired) electrons. The number of carbonyl (C=O) groups excluding carboxylic acids is 5. The maximum Gasteiger partial charge on any atom is 0.326 e. The molecule has 396 valence electrons. The van der Waals surface area contributed by atoms with Crippen LogP contribution in [0.25, 0.3) is 0 Å². The summed E-state index contributed by atoms with van der Waals surface area (Å²) >= 11 is 3.11. The Morgan fingerprint density at radius 1 is 0.485 bits per heavy atom. The lowest BCUT2D eigenvalue weighted by Gasteiger charge is -2.14. The van der Waals surface area contributed by atoms with Crippen molar-refractivity contribution in [1.29, 1.82) is 0 Å². The smallest absolute Gasteiger partial charge is 0.326 e. The Bertz CT molecular complexity index is 1340. The maximum absolute atomic E-state index is 12.1. The number of rotatable bonds is 50. The van der Waals surface area contributed by atoms with Crippen molar-refractivity contribution < 1.29 is 72.6 Å². The van der Waals surface area contributed by atoms with Gasteiger partial charge in [0.05, 0.1) is 31.1 Å². The summed E-state index contributed by atoms with van der Waals surface area (Å²) in [5.74, 6) is -4.09. The van der Waals surface area contributed by atoms with Crippen LogP contribution in [-0.2, 0) is 57.3 Å². The number of carbonyl (C=O) groups is 8. The van der Waals surface area contributed by atoms with Crippen LogP contribution < -0.4 is 10.6 Å². The molecule has 0 aliphatic rings. The molecule has 0 aromatic carbocycles. The Balaban J connectivity index is 0. The lowest BCUT2D eigenvalue weighted by atomic mass is 9.95. The Morgan fingerprint density at radius 2 is 1.00 bits per heavy atom. The van der Waals surface area contributed by atoms with E-state index in [0.717, 1.165) is 57.8 Å². The molecule has 0 aromatic rings. The van der Waals surface area contributed by atoms with Crippen molar-refractivity contribution in [2.24, 2.45) is 5.92 Å². The minimum absolute atomic E-state index is 0.00384. The normalized spacial score (nSPS) is 11.8. The lowest BCUT2D eigenvalue weighted by molar-refractivity contribution is -0.144. The molecule has 0 fully saturated rings. The van der Waals surface area contributed by atoms with Crippen LogP contribution in [0, 0.1) is 5.92 Å². The third kappa shape index (κ3) is 49.1. The number of alkyl halides is 1. The van der Waals surface area contributed by atoms with E-state index in [4.69, 9.17) is 24.1 Å². The number of amides is 2. The lowest BCUT2D eigenvalue weighted by Crippen LogP contribution is -2.41. The first-order valence-corrected chi connectivity index (χ1v) is 26.5. The van der Waals surface area contributed by atoms with Crippen molar-refractivity contribution in [3.05, 3.63) is 0 Å². The molecule has 0 bridgehead atoms. The zero-order chi connectivity index (χ0) is 50.9. The Hall–Kier alpha value is -3.32. The van der Waals surface area contributed by atoms with Gasteiger partial charge in [-0.15, -0.1) is 0 Å². The minimum atomic E-state index is -1.09. The molecule has 2 amide bonds. The largest absolute Gasteiger partial charge is 0.481 e. The molecule has 18 heteroatoms. The van der Waals surface area contributed by atoms with Crippen LogP contribution in [0.4, 0.5) is 0 Å². The van der Waals surface area contributed by atoms with Crippen LogP contribution in [-0.4, -0.2) is 134 Å². The number of halogens is 1. The zero-order valence-electron chi connectivity index (χ0n) is 41.6. The van der Waals surface area contributed by atoms with E-state index in [1.54, 1.807) is 7.11 Å². The average molecular weight is 1040 g/mol. The van der Waals surface area contributed by atoms with Crippen molar-refractivity contribution in [3.63, 3.8) is 0 Å². The van der Waals surface area contributed by atoms with Crippen LogP contribution in [0.1, 0.15) is 193 Å².